The summed E-state index contributed by atoms with van der Waals surface area (Å²) in [5, 5.41) is 2.01. The summed E-state index contributed by atoms with van der Waals surface area (Å²) in [5.74, 6) is 0. The monoisotopic (exact) mass is 343 g/mol. The van der Waals surface area contributed by atoms with Crippen LogP contribution in [-0.4, -0.2) is 30.1 Å². The van der Waals surface area contributed by atoms with Crippen LogP contribution in [0.5, 0.6) is 0 Å². The third kappa shape index (κ3) is 4.39. The first-order chi connectivity index (χ1) is 9.27. The smallest absolute Gasteiger partial charge is 0.326 e. The van der Waals surface area contributed by atoms with Gasteiger partial charge in [0.05, 0.1) is 10.6 Å². The molecule has 1 fully saturated rings. The molecule has 1 heterocycles. The molecular weight excluding hydrogens is 330 g/mol. The quantitative estimate of drug-likeness (QED) is 0.821. The van der Waals surface area contributed by atoms with Crippen LogP contribution in [-0.2, 0) is 6.18 Å². The van der Waals surface area contributed by atoms with E-state index >= 15 is 0 Å². The Bertz CT molecular complexity index is 525. The third-order valence-electron chi connectivity index (χ3n) is 3.03. The van der Waals surface area contributed by atoms with Crippen LogP contribution in [0.1, 0.15) is 12.0 Å². The number of anilines is 1. The molecule has 3 N–H and O–H groups in total. The lowest BCUT2D eigenvalue weighted by molar-refractivity contribution is -0.137. The molecule has 1 saturated heterocycles. The maximum atomic E-state index is 12.7. The molecule has 21 heavy (non-hydrogen) atoms. The lowest BCUT2D eigenvalue weighted by Gasteiger charge is -2.17. The fourth-order valence-corrected chi connectivity index (χ4v) is 2.22. The summed E-state index contributed by atoms with van der Waals surface area (Å²) in [6, 6.07) is 2.70. The molecule has 0 aliphatic carbocycles. The van der Waals surface area contributed by atoms with Crippen molar-refractivity contribution in [2.45, 2.75) is 18.6 Å². The van der Waals surface area contributed by atoms with E-state index in [0.717, 1.165) is 12.1 Å². The molecule has 4 nitrogen and oxygen atoms in total. The SMILES string of the molecule is Cl.NC1CCN(C(=O)Nc2ccc(Cl)c(C(F)(F)F)c2)C1. The molecule has 1 aromatic rings. The van der Waals surface area contributed by atoms with Gasteiger partial charge < -0.3 is 16.0 Å². The summed E-state index contributed by atoms with van der Waals surface area (Å²) >= 11 is 5.50. The number of nitrogens with one attached hydrogen (secondary N) is 1. The van der Waals surface area contributed by atoms with Crippen molar-refractivity contribution in [2.24, 2.45) is 5.73 Å². The van der Waals surface area contributed by atoms with E-state index < -0.39 is 22.8 Å². The van der Waals surface area contributed by atoms with Crippen molar-refractivity contribution >= 4 is 35.7 Å². The van der Waals surface area contributed by atoms with Crippen molar-refractivity contribution in [2.75, 3.05) is 18.4 Å². The Hall–Kier alpha value is -1.18. The van der Waals surface area contributed by atoms with Gasteiger partial charge in [0, 0.05) is 24.8 Å². The summed E-state index contributed by atoms with van der Waals surface area (Å²) in [4.78, 5) is 13.3. The van der Waals surface area contributed by atoms with Gasteiger partial charge in [-0.2, -0.15) is 13.2 Å². The van der Waals surface area contributed by atoms with Gasteiger partial charge >= 0.3 is 12.2 Å². The molecule has 1 aliphatic rings. The highest BCUT2D eigenvalue weighted by Crippen LogP contribution is 2.36. The molecule has 1 aromatic carbocycles. The summed E-state index contributed by atoms with van der Waals surface area (Å²) in [5.41, 5.74) is 4.74. The fourth-order valence-electron chi connectivity index (χ4n) is 1.99. The Morgan fingerprint density at radius 3 is 2.62 bits per heavy atom. The van der Waals surface area contributed by atoms with Gasteiger partial charge in [-0.05, 0) is 24.6 Å². The standard InChI is InChI=1S/C12H13ClF3N3O.ClH/c13-10-2-1-8(5-9(10)12(14,15)16)18-11(20)19-4-3-7(17)6-19;/h1-2,5,7H,3-4,6,17H2,(H,18,20);1H. The highest BCUT2D eigenvalue weighted by atomic mass is 35.5. The number of hydrogen-bond donors (Lipinski definition) is 2. The molecule has 118 valence electrons. The molecular formula is C12H14Cl2F3N3O. The second-order valence-electron chi connectivity index (χ2n) is 4.62. The van der Waals surface area contributed by atoms with Crippen molar-refractivity contribution in [3.05, 3.63) is 28.8 Å². The van der Waals surface area contributed by atoms with Crippen molar-refractivity contribution in [3.63, 3.8) is 0 Å². The number of rotatable bonds is 1. The fraction of sp³-hybridized carbons (Fsp3) is 0.417. The van der Waals surface area contributed by atoms with E-state index in [1.165, 1.54) is 11.0 Å². The Kier molecular flexibility index (Phi) is 5.72. The largest absolute Gasteiger partial charge is 0.417 e. The minimum atomic E-state index is -4.56. The van der Waals surface area contributed by atoms with E-state index in [0.29, 0.717) is 19.5 Å². The molecule has 9 heteroatoms. The van der Waals surface area contributed by atoms with Crippen molar-refractivity contribution in [1.29, 1.82) is 0 Å². The van der Waals surface area contributed by atoms with Crippen LogP contribution < -0.4 is 11.1 Å². The number of nitrogens with two attached hydrogens (primary N) is 1. The zero-order valence-corrected chi connectivity index (χ0v) is 12.4. The molecule has 0 bridgehead atoms. The van der Waals surface area contributed by atoms with Crippen LogP contribution in [0.15, 0.2) is 18.2 Å². The van der Waals surface area contributed by atoms with E-state index in [-0.39, 0.29) is 24.1 Å². The summed E-state index contributed by atoms with van der Waals surface area (Å²) in [6.07, 6.45) is -3.88. The topological polar surface area (TPSA) is 58.4 Å². The molecule has 1 aliphatic heterocycles. The lowest BCUT2D eigenvalue weighted by atomic mass is 10.2. The Balaban J connectivity index is 0.00000220. The summed E-state index contributed by atoms with van der Waals surface area (Å²) in [7, 11) is 0. The van der Waals surface area contributed by atoms with Crippen molar-refractivity contribution < 1.29 is 18.0 Å². The lowest BCUT2D eigenvalue weighted by Crippen LogP contribution is -2.35. The first kappa shape index (κ1) is 17.9. The predicted octanol–water partition coefficient (Wildman–Crippen LogP) is 3.35. The third-order valence-corrected chi connectivity index (χ3v) is 3.36. The van der Waals surface area contributed by atoms with Crippen LogP contribution in [0.4, 0.5) is 23.7 Å². The zero-order valence-electron chi connectivity index (χ0n) is 10.8. The number of halogens is 5. The number of likely N-dealkylation sites (tertiary alicyclic amines) is 1. The van der Waals surface area contributed by atoms with Gasteiger partial charge in [-0.25, -0.2) is 4.79 Å². The van der Waals surface area contributed by atoms with Gasteiger partial charge in [-0.15, -0.1) is 12.4 Å². The number of amides is 2. The van der Waals surface area contributed by atoms with Crippen molar-refractivity contribution in [3.8, 4) is 0 Å². The van der Waals surface area contributed by atoms with Crippen LogP contribution in [0.2, 0.25) is 5.02 Å². The summed E-state index contributed by atoms with van der Waals surface area (Å²) in [6.45, 7) is 0.887. The van der Waals surface area contributed by atoms with Crippen LogP contribution in [0.3, 0.4) is 0 Å². The molecule has 2 amide bonds. The molecule has 1 unspecified atom stereocenters. The number of carbonyl (C=O) groups is 1. The maximum absolute atomic E-state index is 12.7. The normalized spacial score (nSPS) is 18.3. The van der Waals surface area contributed by atoms with E-state index in [2.05, 4.69) is 5.32 Å². The van der Waals surface area contributed by atoms with E-state index in [1.807, 2.05) is 0 Å². The van der Waals surface area contributed by atoms with Gasteiger partial charge in [0.25, 0.3) is 0 Å². The molecule has 0 saturated carbocycles. The number of nitrogens with zero attached hydrogens (tertiary/aromatic N) is 1. The number of hydrogen-bond acceptors (Lipinski definition) is 2. The van der Waals surface area contributed by atoms with Crippen LogP contribution in [0.25, 0.3) is 0 Å². The number of carbonyl (C=O) groups excluding carboxylic acids is 1. The highest BCUT2D eigenvalue weighted by molar-refractivity contribution is 6.31. The zero-order chi connectivity index (χ0) is 14.9. The van der Waals surface area contributed by atoms with Gasteiger partial charge in [-0.3, -0.25) is 0 Å². The Morgan fingerprint density at radius 1 is 1.43 bits per heavy atom. The number of benzene rings is 1. The van der Waals surface area contributed by atoms with E-state index in [1.54, 1.807) is 0 Å². The predicted molar refractivity (Wildman–Crippen MR) is 76.9 cm³/mol. The minimum absolute atomic E-state index is 0. The Labute approximate surface area is 130 Å². The van der Waals surface area contributed by atoms with E-state index in [9.17, 15) is 18.0 Å². The van der Waals surface area contributed by atoms with Gasteiger partial charge in [0.2, 0.25) is 0 Å². The van der Waals surface area contributed by atoms with E-state index in [4.69, 9.17) is 17.3 Å². The first-order valence-electron chi connectivity index (χ1n) is 5.95. The average molecular weight is 344 g/mol. The molecule has 0 aromatic heterocycles. The molecule has 0 spiro atoms. The van der Waals surface area contributed by atoms with Crippen molar-refractivity contribution in [1.82, 2.24) is 4.90 Å². The minimum Gasteiger partial charge on any atom is -0.326 e. The van der Waals surface area contributed by atoms with Gasteiger partial charge in [-0.1, -0.05) is 11.6 Å². The average Bonchev–Trinajstić information content (AvgIpc) is 2.77. The van der Waals surface area contributed by atoms with Gasteiger partial charge in [0.15, 0.2) is 0 Å². The number of alkyl halides is 3. The molecule has 2 rings (SSSR count). The van der Waals surface area contributed by atoms with Crippen LogP contribution in [0, 0.1) is 0 Å². The number of urea groups is 1. The van der Waals surface area contributed by atoms with Crippen LogP contribution >= 0.6 is 24.0 Å². The van der Waals surface area contributed by atoms with Gasteiger partial charge in [0.1, 0.15) is 0 Å². The highest BCUT2D eigenvalue weighted by Gasteiger charge is 2.33. The maximum Gasteiger partial charge on any atom is 0.417 e. The summed E-state index contributed by atoms with van der Waals surface area (Å²) < 4.78 is 38.1. The second kappa shape index (κ2) is 6.72. The molecule has 0 radical (unpaired) electrons. The second-order valence-corrected chi connectivity index (χ2v) is 5.02. The first-order valence-corrected chi connectivity index (χ1v) is 6.33. The Morgan fingerprint density at radius 2 is 2.10 bits per heavy atom. The molecule has 1 atom stereocenters.